The molecule has 3 saturated heterocycles. The number of hydrogen-bond acceptors (Lipinski definition) is 3. The van der Waals surface area contributed by atoms with Gasteiger partial charge in [0.2, 0.25) is 0 Å². The van der Waals surface area contributed by atoms with Gasteiger partial charge in [-0.25, -0.2) is 0 Å². The van der Waals surface area contributed by atoms with Crippen molar-refractivity contribution in [3.8, 4) is 0 Å². The molecule has 9 atom stereocenters. The van der Waals surface area contributed by atoms with Gasteiger partial charge in [-0.2, -0.15) is 0 Å². The molecular formula is C22H35NO3. The monoisotopic (exact) mass is 361 g/mol. The summed E-state index contributed by atoms with van der Waals surface area (Å²) < 4.78 is 0. The maximum atomic E-state index is 11.8. The average molecular weight is 362 g/mol. The summed E-state index contributed by atoms with van der Waals surface area (Å²) in [4.78, 5) is 14.1. The number of carboxylic acid groups (broad SMARTS) is 1. The lowest BCUT2D eigenvalue weighted by Gasteiger charge is -2.82. The van der Waals surface area contributed by atoms with Gasteiger partial charge in [0.05, 0.1) is 0 Å². The molecule has 0 amide bonds. The van der Waals surface area contributed by atoms with Gasteiger partial charge in [0.1, 0.15) is 5.72 Å². The molecule has 3 aliphatic carbocycles. The van der Waals surface area contributed by atoms with E-state index in [9.17, 15) is 15.0 Å². The summed E-state index contributed by atoms with van der Waals surface area (Å²) in [6, 6.07) is 0.378. The van der Waals surface area contributed by atoms with E-state index in [2.05, 4.69) is 25.7 Å². The fourth-order valence-electron chi connectivity index (χ4n) is 9.15. The van der Waals surface area contributed by atoms with Gasteiger partial charge in [-0.3, -0.25) is 9.69 Å². The van der Waals surface area contributed by atoms with Crippen molar-refractivity contribution in [1.82, 2.24) is 4.90 Å². The van der Waals surface area contributed by atoms with E-state index in [0.29, 0.717) is 42.1 Å². The van der Waals surface area contributed by atoms with Crippen molar-refractivity contribution in [1.29, 1.82) is 0 Å². The molecule has 0 aromatic carbocycles. The van der Waals surface area contributed by atoms with Crippen LogP contribution in [0.2, 0.25) is 0 Å². The summed E-state index contributed by atoms with van der Waals surface area (Å²) in [5.74, 6) is 2.06. The molecule has 2 N–H and O–H groups in total. The van der Waals surface area contributed by atoms with Crippen LogP contribution in [0.1, 0.15) is 72.1 Å². The van der Waals surface area contributed by atoms with Crippen LogP contribution in [-0.4, -0.2) is 39.4 Å². The maximum absolute atomic E-state index is 11.8. The number of nitrogens with zero attached hydrogens (tertiary/aromatic N) is 1. The number of rotatable bonds is 4. The first-order chi connectivity index (χ1) is 12.3. The zero-order valence-corrected chi connectivity index (χ0v) is 16.6. The molecule has 6 rings (SSSR count). The Morgan fingerprint density at radius 3 is 2.69 bits per heavy atom. The van der Waals surface area contributed by atoms with E-state index >= 15 is 0 Å². The Hall–Kier alpha value is -0.610. The lowest BCUT2D eigenvalue weighted by molar-refractivity contribution is -0.388. The molecule has 26 heavy (non-hydrogen) atoms. The molecule has 3 heterocycles. The van der Waals surface area contributed by atoms with Crippen molar-refractivity contribution in [2.75, 3.05) is 6.54 Å². The van der Waals surface area contributed by atoms with Gasteiger partial charge in [-0.1, -0.05) is 20.8 Å². The van der Waals surface area contributed by atoms with E-state index in [1.807, 2.05) is 0 Å². The van der Waals surface area contributed by atoms with E-state index in [-0.39, 0.29) is 10.8 Å². The van der Waals surface area contributed by atoms with Gasteiger partial charge in [-0.15, -0.1) is 0 Å². The molecule has 3 aliphatic heterocycles. The van der Waals surface area contributed by atoms with Crippen LogP contribution < -0.4 is 0 Å². The first-order valence-electron chi connectivity index (χ1n) is 11.0. The van der Waals surface area contributed by atoms with Crippen LogP contribution in [0.15, 0.2) is 0 Å². The lowest BCUT2D eigenvalue weighted by atomic mass is 9.31. The summed E-state index contributed by atoms with van der Waals surface area (Å²) in [5, 5.41) is 21.4. The second kappa shape index (κ2) is 5.26. The zero-order valence-electron chi connectivity index (χ0n) is 16.6. The van der Waals surface area contributed by atoms with Gasteiger partial charge in [0.15, 0.2) is 0 Å². The summed E-state index contributed by atoms with van der Waals surface area (Å²) in [6.45, 7) is 8.23. The number of aliphatic hydroxyl groups is 1. The second-order valence-electron chi connectivity index (χ2n) is 10.8. The molecule has 0 radical (unpaired) electrons. The molecule has 3 saturated carbocycles. The minimum absolute atomic E-state index is 0.0943. The highest BCUT2D eigenvalue weighted by Gasteiger charge is 2.78. The van der Waals surface area contributed by atoms with Crippen molar-refractivity contribution in [2.24, 2.45) is 40.4 Å². The Balaban J connectivity index is 1.70. The Bertz CT molecular complexity index is 635. The molecule has 0 aromatic rings. The van der Waals surface area contributed by atoms with E-state index in [4.69, 9.17) is 0 Å². The van der Waals surface area contributed by atoms with Crippen LogP contribution in [0.25, 0.3) is 0 Å². The van der Waals surface area contributed by atoms with Gasteiger partial charge in [-0.05, 0) is 79.4 Å². The number of carbonyl (C=O) groups is 1. The maximum Gasteiger partial charge on any atom is 0.303 e. The SMILES string of the molecule is CC(C)C1CCC2(C)[C@@H]3CC4C5CCCC4(O)N(C3)C1C52CCC(=O)O. The summed E-state index contributed by atoms with van der Waals surface area (Å²) in [5.41, 5.74) is -0.255. The van der Waals surface area contributed by atoms with Crippen LogP contribution in [0.3, 0.4) is 0 Å². The number of hydrogen-bond donors (Lipinski definition) is 2. The highest BCUT2D eigenvalue weighted by atomic mass is 16.4. The highest BCUT2D eigenvalue weighted by molar-refractivity contribution is 5.66. The largest absolute Gasteiger partial charge is 0.481 e. The summed E-state index contributed by atoms with van der Waals surface area (Å²) >= 11 is 0. The Kier molecular flexibility index (Phi) is 3.53. The highest BCUT2D eigenvalue weighted by Crippen LogP contribution is 2.78. The minimum atomic E-state index is -0.649. The molecule has 0 spiro atoms. The average Bonchev–Trinajstić information content (AvgIpc) is 2.56. The molecule has 8 unspecified atom stereocenters. The summed E-state index contributed by atoms with van der Waals surface area (Å²) in [6.07, 6.45) is 8.00. The molecule has 4 heteroatoms. The molecule has 6 fully saturated rings. The smallest absolute Gasteiger partial charge is 0.303 e. The first kappa shape index (κ1) is 17.5. The van der Waals surface area contributed by atoms with E-state index in [1.54, 1.807) is 0 Å². The third kappa shape index (κ3) is 1.77. The van der Waals surface area contributed by atoms with Gasteiger partial charge >= 0.3 is 5.97 Å². The predicted octanol–water partition coefficient (Wildman–Crippen LogP) is 3.73. The Labute approximate surface area is 157 Å². The van der Waals surface area contributed by atoms with Gasteiger partial charge in [0.25, 0.3) is 0 Å². The van der Waals surface area contributed by atoms with Crippen LogP contribution >= 0.6 is 0 Å². The van der Waals surface area contributed by atoms with Crippen LogP contribution in [0.4, 0.5) is 0 Å². The summed E-state index contributed by atoms with van der Waals surface area (Å²) in [7, 11) is 0. The van der Waals surface area contributed by atoms with Crippen molar-refractivity contribution in [2.45, 2.75) is 83.9 Å². The Morgan fingerprint density at radius 1 is 1.23 bits per heavy atom. The van der Waals surface area contributed by atoms with Crippen LogP contribution in [0, 0.1) is 40.4 Å². The third-order valence-corrected chi connectivity index (χ3v) is 10.1. The number of piperidine rings is 3. The molecule has 8 bridgehead atoms. The molecule has 146 valence electrons. The topological polar surface area (TPSA) is 60.8 Å². The molecule has 0 aromatic heterocycles. The fourth-order valence-corrected chi connectivity index (χ4v) is 9.15. The zero-order chi connectivity index (χ0) is 18.5. The number of carboxylic acids is 1. The van der Waals surface area contributed by atoms with E-state index in [0.717, 1.165) is 25.8 Å². The second-order valence-corrected chi connectivity index (χ2v) is 10.8. The van der Waals surface area contributed by atoms with Crippen LogP contribution in [0.5, 0.6) is 0 Å². The first-order valence-corrected chi connectivity index (χ1v) is 11.0. The van der Waals surface area contributed by atoms with Gasteiger partial charge in [0, 0.05) is 24.9 Å². The van der Waals surface area contributed by atoms with Crippen LogP contribution in [-0.2, 0) is 4.79 Å². The molecule has 6 aliphatic rings. The van der Waals surface area contributed by atoms with E-state index in [1.165, 1.54) is 25.7 Å². The standard InChI is InChI=1S/C22H35NO3/c1-13(2)15-6-9-20(3)14-11-17-16-5-4-8-22(17,26)23(12-14)19(15)21(16,20)10-7-18(24)25/h13-17,19,26H,4-12H2,1-3H3,(H,24,25)/t14-,15?,16?,17?,19?,20?,21?,22?/m1/s1. The number of aliphatic carboxylic acids is 1. The Morgan fingerprint density at radius 2 is 2.00 bits per heavy atom. The minimum Gasteiger partial charge on any atom is -0.481 e. The quantitative estimate of drug-likeness (QED) is 0.801. The van der Waals surface area contributed by atoms with Crippen molar-refractivity contribution in [3.05, 3.63) is 0 Å². The van der Waals surface area contributed by atoms with Crippen molar-refractivity contribution in [3.63, 3.8) is 0 Å². The normalized spacial score (nSPS) is 56.8. The van der Waals surface area contributed by atoms with Crippen molar-refractivity contribution < 1.29 is 15.0 Å². The predicted molar refractivity (Wildman–Crippen MR) is 99.4 cm³/mol. The molecular weight excluding hydrogens is 326 g/mol. The van der Waals surface area contributed by atoms with E-state index < -0.39 is 11.7 Å². The fraction of sp³-hybridized carbons (Fsp3) is 0.955. The van der Waals surface area contributed by atoms with Crippen molar-refractivity contribution >= 4 is 5.97 Å². The lowest BCUT2D eigenvalue weighted by Crippen LogP contribution is -2.86. The third-order valence-electron chi connectivity index (χ3n) is 10.1. The molecule has 4 nitrogen and oxygen atoms in total. The van der Waals surface area contributed by atoms with Gasteiger partial charge < -0.3 is 10.2 Å².